The third-order valence-corrected chi connectivity index (χ3v) is 1.51. The standard InChI is InChI=1S/C3H8N2O4S/c1-4-3(6)9-10(7,8)5-2/h5H,1-2H3,(H,4,6). The van der Waals surface area contributed by atoms with Gasteiger partial charge in [-0.2, -0.15) is 13.1 Å². The van der Waals surface area contributed by atoms with Crippen LogP contribution in [0.25, 0.3) is 0 Å². The quantitative estimate of drug-likeness (QED) is 0.542. The van der Waals surface area contributed by atoms with Gasteiger partial charge in [-0.25, -0.2) is 4.79 Å². The van der Waals surface area contributed by atoms with Gasteiger partial charge in [0.2, 0.25) is 0 Å². The van der Waals surface area contributed by atoms with Crippen LogP contribution in [0.1, 0.15) is 0 Å². The highest BCUT2D eigenvalue weighted by atomic mass is 32.2. The van der Waals surface area contributed by atoms with E-state index in [-0.39, 0.29) is 0 Å². The van der Waals surface area contributed by atoms with Gasteiger partial charge in [-0.1, -0.05) is 0 Å². The summed E-state index contributed by atoms with van der Waals surface area (Å²) in [5, 5.41) is 1.98. The van der Waals surface area contributed by atoms with Gasteiger partial charge in [0.25, 0.3) is 0 Å². The summed E-state index contributed by atoms with van der Waals surface area (Å²) in [6.45, 7) is 0. The lowest BCUT2D eigenvalue weighted by Crippen LogP contribution is -2.29. The van der Waals surface area contributed by atoms with Crippen LogP contribution in [0.2, 0.25) is 0 Å². The highest BCUT2D eigenvalue weighted by molar-refractivity contribution is 7.85. The van der Waals surface area contributed by atoms with Crippen molar-refractivity contribution in [3.63, 3.8) is 0 Å². The van der Waals surface area contributed by atoms with E-state index in [2.05, 4.69) is 4.18 Å². The summed E-state index contributed by atoms with van der Waals surface area (Å²) < 4.78 is 26.4. The molecule has 0 spiro atoms. The number of carbonyl (C=O) groups excluding carboxylic acids is 1. The van der Waals surface area contributed by atoms with Gasteiger partial charge in [0.1, 0.15) is 0 Å². The van der Waals surface area contributed by atoms with E-state index in [9.17, 15) is 13.2 Å². The third kappa shape index (κ3) is 3.25. The fraction of sp³-hybridized carbons (Fsp3) is 0.667. The number of hydrogen-bond acceptors (Lipinski definition) is 4. The molecule has 0 rings (SSSR count). The van der Waals surface area contributed by atoms with E-state index < -0.39 is 16.4 Å². The van der Waals surface area contributed by atoms with Crippen LogP contribution in [0.4, 0.5) is 4.79 Å². The highest BCUT2D eigenvalue weighted by Gasteiger charge is 2.11. The van der Waals surface area contributed by atoms with Crippen molar-refractivity contribution in [2.45, 2.75) is 0 Å². The van der Waals surface area contributed by atoms with Crippen LogP contribution >= 0.6 is 0 Å². The fourth-order valence-electron chi connectivity index (χ4n) is 0.183. The Kier molecular flexibility index (Phi) is 3.10. The molecule has 0 aromatic rings. The molecule has 0 heterocycles. The molecule has 7 heteroatoms. The number of carbonyl (C=O) groups is 1. The second-order valence-electron chi connectivity index (χ2n) is 1.28. The Bertz CT molecular complexity index is 209. The monoisotopic (exact) mass is 168 g/mol. The summed E-state index contributed by atoms with van der Waals surface area (Å²) in [6.07, 6.45) is -1.02. The van der Waals surface area contributed by atoms with E-state index in [1.54, 1.807) is 4.72 Å². The lowest BCUT2D eigenvalue weighted by atomic mass is 11.1. The average Bonchev–Trinajstić information content (AvgIpc) is 1.87. The zero-order valence-electron chi connectivity index (χ0n) is 5.54. The zero-order valence-corrected chi connectivity index (χ0v) is 6.36. The van der Waals surface area contributed by atoms with Gasteiger partial charge in [0.15, 0.2) is 0 Å². The molecule has 0 fully saturated rings. The lowest BCUT2D eigenvalue weighted by Gasteiger charge is -2.00. The number of nitrogens with one attached hydrogen (secondary N) is 2. The first kappa shape index (κ1) is 9.18. The maximum Gasteiger partial charge on any atom is 0.423 e. The SMILES string of the molecule is CNC(=O)OS(=O)(=O)NC. The third-order valence-electron chi connectivity index (χ3n) is 0.640. The largest absolute Gasteiger partial charge is 0.423 e. The Morgan fingerprint density at radius 2 is 1.90 bits per heavy atom. The smallest absolute Gasteiger partial charge is 0.324 e. The minimum absolute atomic E-state index is 1.02. The molecule has 1 amide bonds. The predicted molar refractivity (Wildman–Crippen MR) is 33.5 cm³/mol. The first-order chi connectivity index (χ1) is 4.52. The minimum atomic E-state index is -3.89. The fourth-order valence-corrected chi connectivity index (χ4v) is 0.549. The molecule has 0 bridgehead atoms. The molecule has 0 unspecified atom stereocenters. The molecule has 0 saturated heterocycles. The van der Waals surface area contributed by atoms with Crippen molar-refractivity contribution in [2.24, 2.45) is 0 Å². The van der Waals surface area contributed by atoms with Gasteiger partial charge < -0.3 is 9.50 Å². The molecule has 2 N–H and O–H groups in total. The van der Waals surface area contributed by atoms with Crippen LogP contribution in [0.15, 0.2) is 0 Å². The normalized spacial score (nSPS) is 10.6. The number of hydrogen-bond donors (Lipinski definition) is 2. The second kappa shape index (κ2) is 3.37. The highest BCUT2D eigenvalue weighted by Crippen LogP contribution is 1.84. The molecule has 0 aliphatic rings. The van der Waals surface area contributed by atoms with Crippen LogP contribution < -0.4 is 10.0 Å². The Morgan fingerprint density at radius 3 is 2.20 bits per heavy atom. The molecule has 6 nitrogen and oxygen atoms in total. The first-order valence-electron chi connectivity index (χ1n) is 2.36. The van der Waals surface area contributed by atoms with Crippen LogP contribution in [0.5, 0.6) is 0 Å². The van der Waals surface area contributed by atoms with Gasteiger partial charge in [-0.15, -0.1) is 0 Å². The molecule has 60 valence electrons. The lowest BCUT2D eigenvalue weighted by molar-refractivity contribution is 0.204. The molecule has 0 atom stereocenters. The predicted octanol–water partition coefficient (Wildman–Crippen LogP) is -1.19. The molecular formula is C3H8N2O4S. The van der Waals surface area contributed by atoms with Crippen molar-refractivity contribution in [3.05, 3.63) is 0 Å². The van der Waals surface area contributed by atoms with E-state index in [0.717, 1.165) is 7.05 Å². The Hall–Kier alpha value is -0.820. The summed E-state index contributed by atoms with van der Waals surface area (Å²) in [7, 11) is -1.50. The molecule has 0 aliphatic heterocycles. The van der Waals surface area contributed by atoms with Crippen LogP contribution in [0, 0.1) is 0 Å². The van der Waals surface area contributed by atoms with Crippen molar-refractivity contribution in [1.82, 2.24) is 10.0 Å². The number of amides is 1. The summed E-state index contributed by atoms with van der Waals surface area (Å²) in [4.78, 5) is 10.2. The van der Waals surface area contributed by atoms with Gasteiger partial charge in [0, 0.05) is 14.1 Å². The van der Waals surface area contributed by atoms with Gasteiger partial charge in [-0.3, -0.25) is 0 Å². The Morgan fingerprint density at radius 1 is 1.40 bits per heavy atom. The van der Waals surface area contributed by atoms with E-state index in [1.807, 2.05) is 5.32 Å². The van der Waals surface area contributed by atoms with Crippen LogP contribution in [-0.2, 0) is 14.5 Å². The summed E-state index contributed by atoms with van der Waals surface area (Å²) in [5.74, 6) is 0. The minimum Gasteiger partial charge on any atom is -0.324 e. The molecule has 0 aromatic heterocycles. The number of rotatable bonds is 2. The summed E-state index contributed by atoms with van der Waals surface area (Å²) in [6, 6.07) is 0. The van der Waals surface area contributed by atoms with E-state index in [0.29, 0.717) is 0 Å². The topological polar surface area (TPSA) is 84.5 Å². The maximum atomic E-state index is 10.4. The van der Waals surface area contributed by atoms with Crippen molar-refractivity contribution < 1.29 is 17.4 Å². The van der Waals surface area contributed by atoms with Crippen molar-refractivity contribution >= 4 is 16.4 Å². The molecule has 0 aromatic carbocycles. The van der Waals surface area contributed by atoms with E-state index >= 15 is 0 Å². The Balaban J connectivity index is 4.03. The van der Waals surface area contributed by atoms with Crippen molar-refractivity contribution in [1.29, 1.82) is 0 Å². The molecular weight excluding hydrogens is 160 g/mol. The Labute approximate surface area is 58.8 Å². The average molecular weight is 168 g/mol. The molecule has 0 radical (unpaired) electrons. The summed E-state index contributed by atoms with van der Waals surface area (Å²) in [5.41, 5.74) is 0. The van der Waals surface area contributed by atoms with E-state index in [1.165, 1.54) is 7.05 Å². The van der Waals surface area contributed by atoms with Crippen molar-refractivity contribution in [3.8, 4) is 0 Å². The summed E-state index contributed by atoms with van der Waals surface area (Å²) >= 11 is 0. The molecule has 0 aliphatic carbocycles. The van der Waals surface area contributed by atoms with E-state index in [4.69, 9.17) is 0 Å². The van der Waals surface area contributed by atoms with Crippen molar-refractivity contribution in [2.75, 3.05) is 14.1 Å². The second-order valence-corrected chi connectivity index (χ2v) is 2.76. The first-order valence-corrected chi connectivity index (χ1v) is 3.77. The van der Waals surface area contributed by atoms with Gasteiger partial charge in [-0.05, 0) is 0 Å². The van der Waals surface area contributed by atoms with Crippen LogP contribution in [0.3, 0.4) is 0 Å². The molecule has 0 saturated carbocycles. The molecule has 10 heavy (non-hydrogen) atoms. The van der Waals surface area contributed by atoms with Gasteiger partial charge in [0.05, 0.1) is 0 Å². The van der Waals surface area contributed by atoms with Gasteiger partial charge >= 0.3 is 16.4 Å². The zero-order chi connectivity index (χ0) is 8.20. The maximum absolute atomic E-state index is 10.4. The van der Waals surface area contributed by atoms with Crippen LogP contribution in [-0.4, -0.2) is 28.6 Å².